The minimum Gasteiger partial charge on any atom is -0.481 e. The third-order valence-corrected chi connectivity index (χ3v) is 4.77. The van der Waals surface area contributed by atoms with E-state index in [0.717, 1.165) is 5.69 Å². The van der Waals surface area contributed by atoms with Crippen molar-refractivity contribution in [2.24, 2.45) is 0 Å². The van der Waals surface area contributed by atoms with Gasteiger partial charge < -0.3 is 10.5 Å². The first-order chi connectivity index (χ1) is 13.5. The molecule has 0 aliphatic rings. The lowest BCUT2D eigenvalue weighted by Crippen LogP contribution is -2.23. The molecule has 0 atom stereocenters. The molecule has 28 heavy (non-hydrogen) atoms. The summed E-state index contributed by atoms with van der Waals surface area (Å²) in [6.07, 6.45) is 1.58. The lowest BCUT2D eigenvalue weighted by atomic mass is 10.0. The maximum Gasteiger partial charge on any atom is 0.266 e. The van der Waals surface area contributed by atoms with E-state index < -0.39 is 0 Å². The van der Waals surface area contributed by atoms with Gasteiger partial charge in [-0.05, 0) is 55.0 Å². The second-order valence-corrected chi connectivity index (χ2v) is 6.75. The fourth-order valence-electron chi connectivity index (χ4n) is 3.17. The number of halogens is 1. The van der Waals surface area contributed by atoms with Crippen molar-refractivity contribution in [1.82, 2.24) is 14.5 Å². The first kappa shape index (κ1) is 18.0. The Kier molecular flexibility index (Phi) is 4.49. The summed E-state index contributed by atoms with van der Waals surface area (Å²) in [5.74, 6) is 0.400. The Morgan fingerprint density at radius 3 is 2.57 bits per heavy atom. The van der Waals surface area contributed by atoms with Crippen LogP contribution in [0.3, 0.4) is 0 Å². The third-order valence-electron chi connectivity index (χ3n) is 4.52. The number of hydrogen-bond acceptors (Lipinski definition) is 5. The molecule has 3 heterocycles. The molecular formula is C21H17ClN4O2. The van der Waals surface area contributed by atoms with E-state index in [0.29, 0.717) is 44.4 Å². The zero-order valence-corrected chi connectivity index (χ0v) is 16.1. The smallest absolute Gasteiger partial charge is 0.266 e. The first-order valence-electron chi connectivity index (χ1n) is 8.58. The zero-order chi connectivity index (χ0) is 19.8. The Bertz CT molecular complexity index is 1250. The van der Waals surface area contributed by atoms with Crippen LogP contribution in [-0.4, -0.2) is 21.6 Å². The molecule has 0 unspecified atom stereocenters. The quantitative estimate of drug-likeness (QED) is 0.569. The Morgan fingerprint density at radius 2 is 1.86 bits per heavy atom. The van der Waals surface area contributed by atoms with E-state index >= 15 is 0 Å². The number of nitrogens with two attached hydrogens (primary N) is 1. The first-order valence-corrected chi connectivity index (χ1v) is 8.95. The van der Waals surface area contributed by atoms with Gasteiger partial charge in [-0.15, -0.1) is 0 Å². The highest BCUT2D eigenvalue weighted by atomic mass is 35.5. The van der Waals surface area contributed by atoms with Crippen LogP contribution in [0, 0.1) is 6.92 Å². The number of pyridine rings is 3. The largest absolute Gasteiger partial charge is 0.481 e. The Labute approximate surface area is 166 Å². The fraction of sp³-hybridized carbons (Fsp3) is 0.0952. The van der Waals surface area contributed by atoms with Gasteiger partial charge in [0, 0.05) is 28.4 Å². The summed E-state index contributed by atoms with van der Waals surface area (Å²) in [6, 6.07) is 14.2. The van der Waals surface area contributed by atoms with Crippen LogP contribution in [0.25, 0.3) is 27.8 Å². The zero-order valence-electron chi connectivity index (χ0n) is 15.3. The lowest BCUT2D eigenvalue weighted by Gasteiger charge is -2.16. The van der Waals surface area contributed by atoms with E-state index in [1.165, 1.54) is 7.11 Å². The van der Waals surface area contributed by atoms with Crippen LogP contribution in [0.2, 0.25) is 5.02 Å². The van der Waals surface area contributed by atoms with Gasteiger partial charge in [-0.2, -0.15) is 0 Å². The molecule has 0 radical (unpaired) electrons. The van der Waals surface area contributed by atoms with Gasteiger partial charge >= 0.3 is 0 Å². The Hall–Kier alpha value is -3.38. The normalized spacial score (nSPS) is 11.0. The maximum atomic E-state index is 13.5. The van der Waals surface area contributed by atoms with Gasteiger partial charge in [-0.1, -0.05) is 11.6 Å². The number of fused-ring (bicyclic) bond motifs is 1. The molecule has 6 nitrogen and oxygen atoms in total. The molecule has 0 aliphatic heterocycles. The number of aromatic nitrogens is 3. The average molecular weight is 393 g/mol. The summed E-state index contributed by atoms with van der Waals surface area (Å²) < 4.78 is 6.75. The highest BCUT2D eigenvalue weighted by molar-refractivity contribution is 6.30. The van der Waals surface area contributed by atoms with Gasteiger partial charge in [0.15, 0.2) is 0 Å². The van der Waals surface area contributed by atoms with E-state index in [9.17, 15) is 4.79 Å². The van der Waals surface area contributed by atoms with E-state index in [-0.39, 0.29) is 5.56 Å². The molecular weight excluding hydrogens is 376 g/mol. The van der Waals surface area contributed by atoms with E-state index in [4.69, 9.17) is 22.1 Å². The summed E-state index contributed by atoms with van der Waals surface area (Å²) in [4.78, 5) is 22.2. The number of rotatable bonds is 3. The highest BCUT2D eigenvalue weighted by Crippen LogP contribution is 2.31. The molecule has 3 aromatic heterocycles. The Morgan fingerprint density at radius 1 is 1.11 bits per heavy atom. The molecule has 0 bridgehead atoms. The molecule has 4 rings (SSSR count). The maximum absolute atomic E-state index is 13.5. The fourth-order valence-corrected chi connectivity index (χ4v) is 3.29. The number of ether oxygens (including phenoxy) is 1. The van der Waals surface area contributed by atoms with E-state index in [1.807, 2.05) is 19.1 Å². The lowest BCUT2D eigenvalue weighted by molar-refractivity contribution is 0.398. The van der Waals surface area contributed by atoms with Gasteiger partial charge in [0.2, 0.25) is 5.88 Å². The van der Waals surface area contributed by atoms with Crippen molar-refractivity contribution >= 4 is 28.3 Å². The molecule has 0 saturated carbocycles. The molecule has 1 aromatic carbocycles. The van der Waals surface area contributed by atoms with E-state index in [2.05, 4.69) is 9.97 Å². The number of benzene rings is 1. The average Bonchev–Trinajstić information content (AvgIpc) is 2.69. The number of nitrogens with zero attached hydrogens (tertiary/aromatic N) is 3. The molecule has 140 valence electrons. The topological polar surface area (TPSA) is 83.0 Å². The van der Waals surface area contributed by atoms with Crippen LogP contribution >= 0.6 is 11.6 Å². The predicted octanol–water partition coefficient (Wildman–Crippen LogP) is 4.00. The molecule has 0 spiro atoms. The van der Waals surface area contributed by atoms with Crippen molar-refractivity contribution in [2.45, 2.75) is 6.92 Å². The summed E-state index contributed by atoms with van der Waals surface area (Å²) in [5.41, 5.74) is 9.44. The molecule has 0 saturated heterocycles. The van der Waals surface area contributed by atoms with Crippen molar-refractivity contribution in [1.29, 1.82) is 0 Å². The number of methoxy groups -OCH3 is 1. The minimum atomic E-state index is -0.279. The minimum absolute atomic E-state index is 0.279. The third kappa shape index (κ3) is 2.97. The molecule has 2 N–H and O–H groups in total. The van der Waals surface area contributed by atoms with Crippen LogP contribution in [0.5, 0.6) is 5.88 Å². The van der Waals surface area contributed by atoms with Crippen molar-refractivity contribution in [3.05, 3.63) is 75.8 Å². The Balaban J connectivity index is 2.13. The molecule has 0 aliphatic carbocycles. The predicted molar refractivity (Wildman–Crippen MR) is 111 cm³/mol. The van der Waals surface area contributed by atoms with Gasteiger partial charge in [-0.3, -0.25) is 9.36 Å². The van der Waals surface area contributed by atoms with Crippen molar-refractivity contribution in [3.8, 4) is 22.7 Å². The number of nitrogen functional groups attached to an aromatic ring is 1. The summed E-state index contributed by atoms with van der Waals surface area (Å²) in [5, 5.41) is 1.27. The van der Waals surface area contributed by atoms with Gasteiger partial charge in [0.05, 0.1) is 24.0 Å². The van der Waals surface area contributed by atoms with E-state index in [1.54, 1.807) is 47.2 Å². The van der Waals surface area contributed by atoms with Gasteiger partial charge in [0.1, 0.15) is 5.65 Å². The molecule has 4 aromatic rings. The van der Waals surface area contributed by atoms with Crippen molar-refractivity contribution in [2.75, 3.05) is 12.8 Å². The SMILES string of the molecule is COc1cc(-c2c(N)c3ccc(C)nc3n(-c3ccc(Cl)cc3)c2=O)ccn1. The van der Waals surface area contributed by atoms with Crippen LogP contribution in [-0.2, 0) is 0 Å². The van der Waals surface area contributed by atoms with Crippen LogP contribution < -0.4 is 16.0 Å². The number of anilines is 1. The second kappa shape index (κ2) is 6.98. The summed E-state index contributed by atoms with van der Waals surface area (Å²) in [6.45, 7) is 1.87. The monoisotopic (exact) mass is 392 g/mol. The molecule has 0 amide bonds. The second-order valence-electron chi connectivity index (χ2n) is 6.32. The van der Waals surface area contributed by atoms with Crippen LogP contribution in [0.4, 0.5) is 5.69 Å². The summed E-state index contributed by atoms with van der Waals surface area (Å²) >= 11 is 6.02. The molecule has 0 fully saturated rings. The molecule has 7 heteroatoms. The van der Waals surface area contributed by atoms with Crippen LogP contribution in [0.1, 0.15) is 5.69 Å². The van der Waals surface area contributed by atoms with Crippen molar-refractivity contribution < 1.29 is 4.74 Å². The number of aryl methyl sites for hydroxylation is 1. The number of hydrogen-bond donors (Lipinski definition) is 1. The highest BCUT2D eigenvalue weighted by Gasteiger charge is 2.19. The van der Waals surface area contributed by atoms with Crippen molar-refractivity contribution in [3.63, 3.8) is 0 Å². The van der Waals surface area contributed by atoms with Gasteiger partial charge in [-0.25, -0.2) is 9.97 Å². The van der Waals surface area contributed by atoms with Crippen LogP contribution in [0.15, 0.2) is 59.5 Å². The standard InChI is InChI=1S/C21H17ClN4O2/c1-12-3-8-16-19(23)18(13-9-10-24-17(11-13)28-2)21(27)26(20(16)25-12)15-6-4-14(22)5-7-15/h3-11H,23H2,1-2H3. The van der Waals surface area contributed by atoms with Gasteiger partial charge in [0.25, 0.3) is 5.56 Å². The summed E-state index contributed by atoms with van der Waals surface area (Å²) in [7, 11) is 1.52.